The second kappa shape index (κ2) is 9.34. The lowest BCUT2D eigenvalue weighted by Crippen LogP contribution is -2.32. The fraction of sp³-hybridized carbons (Fsp3) is 0.476. The fourth-order valence-corrected chi connectivity index (χ4v) is 5.52. The minimum atomic E-state index is -3.41. The number of aromatic nitrogens is 4. The normalized spacial score (nSPS) is 14.8. The van der Waals surface area contributed by atoms with Crippen LogP contribution in [0.2, 0.25) is 0 Å². The van der Waals surface area contributed by atoms with Crippen LogP contribution in [0.25, 0.3) is 11.5 Å². The zero-order chi connectivity index (χ0) is 22.9. The van der Waals surface area contributed by atoms with Crippen LogP contribution < -0.4 is 0 Å². The summed E-state index contributed by atoms with van der Waals surface area (Å²) in [6.07, 6.45) is 3.53. The van der Waals surface area contributed by atoms with E-state index in [1.54, 1.807) is 45.1 Å². The molecule has 1 aliphatic rings. The van der Waals surface area contributed by atoms with Gasteiger partial charge in [0.2, 0.25) is 10.0 Å². The average molecular weight is 477 g/mol. The highest BCUT2D eigenvalue weighted by Crippen LogP contribution is 2.25. The second-order valence-electron chi connectivity index (χ2n) is 8.06. The van der Waals surface area contributed by atoms with Gasteiger partial charge in [0.25, 0.3) is 0 Å². The molecule has 32 heavy (non-hydrogen) atoms. The number of rotatable bonds is 8. The van der Waals surface area contributed by atoms with Gasteiger partial charge in [-0.05, 0) is 42.6 Å². The molecule has 0 N–H and O–H groups in total. The molecule has 1 aromatic carbocycles. The van der Waals surface area contributed by atoms with E-state index in [2.05, 4.69) is 20.1 Å². The highest BCUT2D eigenvalue weighted by Gasteiger charge is 2.22. The topological polar surface area (TPSA) is 97.4 Å². The van der Waals surface area contributed by atoms with Crippen molar-refractivity contribution in [2.45, 2.75) is 36.4 Å². The molecule has 0 spiro atoms. The van der Waals surface area contributed by atoms with Crippen molar-refractivity contribution in [2.75, 3.05) is 32.9 Å². The first-order chi connectivity index (χ1) is 15.3. The van der Waals surface area contributed by atoms with Gasteiger partial charge in [0, 0.05) is 46.9 Å². The number of oxazole rings is 1. The molecule has 1 aliphatic heterocycles. The number of thioether (sulfide) groups is 1. The summed E-state index contributed by atoms with van der Waals surface area (Å²) >= 11 is 1.67. The maximum Gasteiger partial charge on any atom is 0.242 e. The Hall–Kier alpha value is -2.21. The van der Waals surface area contributed by atoms with Crippen LogP contribution in [-0.2, 0) is 30.0 Å². The van der Waals surface area contributed by atoms with Crippen LogP contribution in [-0.4, -0.2) is 70.3 Å². The summed E-state index contributed by atoms with van der Waals surface area (Å²) in [5.74, 6) is 2.22. The predicted octanol–water partition coefficient (Wildman–Crippen LogP) is 2.57. The first-order valence-corrected chi connectivity index (χ1v) is 12.9. The van der Waals surface area contributed by atoms with Crippen molar-refractivity contribution < 1.29 is 12.8 Å². The molecular weight excluding hydrogens is 448 g/mol. The molecule has 0 fully saturated rings. The Labute approximate surface area is 192 Å². The molecule has 0 aliphatic carbocycles. The van der Waals surface area contributed by atoms with Crippen LogP contribution in [0.1, 0.15) is 23.4 Å². The summed E-state index contributed by atoms with van der Waals surface area (Å²) in [5, 5.41) is 9.37. The van der Waals surface area contributed by atoms with Crippen LogP contribution in [0.5, 0.6) is 0 Å². The summed E-state index contributed by atoms with van der Waals surface area (Å²) in [4.78, 5) is 7.06. The lowest BCUT2D eigenvalue weighted by molar-refractivity contribution is 0.255. The third-order valence-electron chi connectivity index (χ3n) is 5.58. The van der Waals surface area contributed by atoms with Crippen molar-refractivity contribution >= 4 is 21.8 Å². The van der Waals surface area contributed by atoms with E-state index in [4.69, 9.17) is 4.42 Å². The van der Waals surface area contributed by atoms with Gasteiger partial charge >= 0.3 is 0 Å². The van der Waals surface area contributed by atoms with E-state index < -0.39 is 10.0 Å². The van der Waals surface area contributed by atoms with E-state index in [9.17, 15) is 8.42 Å². The summed E-state index contributed by atoms with van der Waals surface area (Å²) in [6, 6.07) is 5.51. The highest BCUT2D eigenvalue weighted by atomic mass is 32.2. The lowest BCUT2D eigenvalue weighted by Gasteiger charge is -2.29. The van der Waals surface area contributed by atoms with Crippen LogP contribution in [0.15, 0.2) is 38.9 Å². The van der Waals surface area contributed by atoms with Crippen LogP contribution >= 0.6 is 11.8 Å². The van der Waals surface area contributed by atoms with Gasteiger partial charge in [-0.3, -0.25) is 4.90 Å². The number of hydrogen-bond acceptors (Lipinski definition) is 8. The number of aryl methyl sites for hydroxylation is 1. The molecule has 9 nitrogen and oxygen atoms in total. The Morgan fingerprint density at radius 3 is 2.75 bits per heavy atom. The number of sulfonamides is 1. The molecule has 4 rings (SSSR count). The van der Waals surface area contributed by atoms with Gasteiger partial charge in [-0.1, -0.05) is 17.8 Å². The standard InChI is InChI=1S/C21H28N6O3S2/c1-15-22-19(14-30-15)20-23-24-21(26(20)4)31-11-5-9-27-10-8-16-6-7-18(12-17(16)13-27)32(28,29)25(2)3/h6-7,12,14H,5,8-11,13H2,1-4H3. The molecule has 0 unspecified atom stereocenters. The number of benzene rings is 1. The predicted molar refractivity (Wildman–Crippen MR) is 123 cm³/mol. The second-order valence-corrected chi connectivity index (χ2v) is 11.3. The van der Waals surface area contributed by atoms with Gasteiger partial charge in [0.15, 0.2) is 16.9 Å². The molecule has 0 saturated carbocycles. The lowest BCUT2D eigenvalue weighted by atomic mass is 10.00. The summed E-state index contributed by atoms with van der Waals surface area (Å²) in [7, 11) is 1.64. The van der Waals surface area contributed by atoms with Crippen LogP contribution in [0.3, 0.4) is 0 Å². The Kier molecular flexibility index (Phi) is 6.70. The maximum atomic E-state index is 12.5. The van der Waals surface area contributed by atoms with Gasteiger partial charge in [-0.15, -0.1) is 10.2 Å². The molecule has 2 aromatic heterocycles. The van der Waals surface area contributed by atoms with Gasteiger partial charge in [-0.25, -0.2) is 17.7 Å². The zero-order valence-corrected chi connectivity index (χ0v) is 20.4. The van der Waals surface area contributed by atoms with Crippen molar-refractivity contribution in [2.24, 2.45) is 7.05 Å². The SMILES string of the molecule is Cc1nc(-c2nnc(SCCCN3CCc4ccc(S(=O)(=O)N(C)C)cc4C3)n2C)co1. The van der Waals surface area contributed by atoms with Crippen molar-refractivity contribution in [3.63, 3.8) is 0 Å². The minimum absolute atomic E-state index is 0.360. The third-order valence-corrected chi connectivity index (χ3v) is 8.50. The third kappa shape index (κ3) is 4.75. The quantitative estimate of drug-likeness (QED) is 0.361. The van der Waals surface area contributed by atoms with E-state index in [1.807, 2.05) is 23.7 Å². The number of fused-ring (bicyclic) bond motifs is 1. The molecule has 0 amide bonds. The van der Waals surface area contributed by atoms with E-state index in [1.165, 1.54) is 9.87 Å². The first-order valence-electron chi connectivity index (χ1n) is 10.5. The monoisotopic (exact) mass is 476 g/mol. The molecule has 3 aromatic rings. The minimum Gasteiger partial charge on any atom is -0.449 e. The fourth-order valence-electron chi connectivity index (χ4n) is 3.74. The molecule has 11 heteroatoms. The van der Waals surface area contributed by atoms with E-state index in [-0.39, 0.29) is 0 Å². The largest absolute Gasteiger partial charge is 0.449 e. The van der Waals surface area contributed by atoms with Gasteiger partial charge < -0.3 is 8.98 Å². The Bertz CT molecular complexity index is 1200. The zero-order valence-electron chi connectivity index (χ0n) is 18.8. The Morgan fingerprint density at radius 2 is 2.03 bits per heavy atom. The van der Waals surface area contributed by atoms with Crippen LogP contribution in [0, 0.1) is 6.92 Å². The Balaban J connectivity index is 1.31. The maximum absolute atomic E-state index is 12.5. The van der Waals surface area contributed by atoms with Crippen molar-refractivity contribution in [1.82, 2.24) is 29.0 Å². The van der Waals surface area contributed by atoms with Crippen molar-refractivity contribution in [3.8, 4) is 11.5 Å². The molecule has 0 bridgehead atoms. The molecular formula is C21H28N6O3S2. The van der Waals surface area contributed by atoms with Crippen molar-refractivity contribution in [1.29, 1.82) is 0 Å². The molecule has 0 radical (unpaired) electrons. The molecule has 0 saturated heterocycles. The number of hydrogen-bond donors (Lipinski definition) is 0. The summed E-state index contributed by atoms with van der Waals surface area (Å²) < 4.78 is 33.4. The van der Waals surface area contributed by atoms with E-state index >= 15 is 0 Å². The molecule has 0 atom stereocenters. The average Bonchev–Trinajstić information content (AvgIpc) is 3.35. The molecule has 172 valence electrons. The van der Waals surface area contributed by atoms with Gasteiger partial charge in [0.1, 0.15) is 12.0 Å². The van der Waals surface area contributed by atoms with Crippen molar-refractivity contribution in [3.05, 3.63) is 41.5 Å². The number of nitrogens with zero attached hydrogens (tertiary/aromatic N) is 6. The summed E-state index contributed by atoms with van der Waals surface area (Å²) in [5.41, 5.74) is 3.03. The first kappa shape index (κ1) is 23.0. The highest BCUT2D eigenvalue weighted by molar-refractivity contribution is 7.99. The Morgan fingerprint density at radius 1 is 1.22 bits per heavy atom. The summed E-state index contributed by atoms with van der Waals surface area (Å²) in [6.45, 7) is 4.51. The molecule has 3 heterocycles. The smallest absolute Gasteiger partial charge is 0.242 e. The van der Waals surface area contributed by atoms with E-state index in [0.29, 0.717) is 22.3 Å². The van der Waals surface area contributed by atoms with Crippen LogP contribution in [0.4, 0.5) is 0 Å². The van der Waals surface area contributed by atoms with E-state index in [0.717, 1.165) is 48.9 Å². The van der Waals surface area contributed by atoms with Gasteiger partial charge in [-0.2, -0.15) is 0 Å². The van der Waals surface area contributed by atoms with Gasteiger partial charge in [0.05, 0.1) is 4.90 Å².